The Labute approximate surface area is 144 Å². The third-order valence-corrected chi connectivity index (χ3v) is 4.55. The van der Waals surface area contributed by atoms with Gasteiger partial charge in [-0.15, -0.1) is 0 Å². The van der Waals surface area contributed by atoms with Crippen molar-refractivity contribution in [2.24, 2.45) is 0 Å². The van der Waals surface area contributed by atoms with Gasteiger partial charge in [0.25, 0.3) is 0 Å². The number of hydrogen-bond acceptors (Lipinski definition) is 3. The molecule has 0 saturated carbocycles. The molecule has 4 nitrogen and oxygen atoms in total. The Morgan fingerprint density at radius 3 is 2.78 bits per heavy atom. The van der Waals surface area contributed by atoms with Crippen molar-refractivity contribution in [3.8, 4) is 0 Å². The normalized spacial score (nSPS) is 17.8. The summed E-state index contributed by atoms with van der Waals surface area (Å²) in [6, 6.07) is 13.7. The zero-order valence-corrected chi connectivity index (χ0v) is 14.4. The Morgan fingerprint density at radius 2 is 2.04 bits per heavy atom. The highest BCUT2D eigenvalue weighted by molar-refractivity contribution is 9.10. The first kappa shape index (κ1) is 16.0. The van der Waals surface area contributed by atoms with Crippen LogP contribution in [0.4, 0.5) is 4.79 Å². The van der Waals surface area contributed by atoms with E-state index in [1.807, 2.05) is 53.6 Å². The number of amides is 1. The first-order valence-corrected chi connectivity index (χ1v) is 8.62. The summed E-state index contributed by atoms with van der Waals surface area (Å²) >= 11 is 3.35. The van der Waals surface area contributed by atoms with Gasteiger partial charge >= 0.3 is 6.09 Å². The monoisotopic (exact) mass is 374 g/mol. The van der Waals surface area contributed by atoms with E-state index >= 15 is 0 Å². The van der Waals surface area contributed by atoms with Crippen molar-refractivity contribution in [3.63, 3.8) is 0 Å². The van der Waals surface area contributed by atoms with Crippen LogP contribution in [0.3, 0.4) is 0 Å². The molecule has 1 aliphatic rings. The Balaban J connectivity index is 1.68. The average molecular weight is 375 g/mol. The number of hydrogen-bond donors (Lipinski definition) is 0. The molecule has 0 bridgehead atoms. The number of carbonyl (C=O) groups is 1. The van der Waals surface area contributed by atoms with Crippen LogP contribution in [-0.4, -0.2) is 22.5 Å². The van der Waals surface area contributed by atoms with E-state index in [4.69, 9.17) is 4.74 Å². The molecule has 0 spiro atoms. The van der Waals surface area contributed by atoms with E-state index in [0.29, 0.717) is 6.61 Å². The molecular weight excluding hydrogens is 356 g/mol. The van der Waals surface area contributed by atoms with Crippen LogP contribution in [0, 0.1) is 0 Å². The molecule has 3 rings (SSSR count). The van der Waals surface area contributed by atoms with Crippen molar-refractivity contribution < 1.29 is 9.53 Å². The van der Waals surface area contributed by atoms with E-state index in [1.54, 1.807) is 0 Å². The van der Waals surface area contributed by atoms with Crippen LogP contribution in [0.2, 0.25) is 0 Å². The van der Waals surface area contributed by atoms with Crippen LogP contribution < -0.4 is 0 Å². The number of halogens is 1. The van der Waals surface area contributed by atoms with Gasteiger partial charge in [0, 0.05) is 12.7 Å². The van der Waals surface area contributed by atoms with E-state index in [2.05, 4.69) is 20.9 Å². The van der Waals surface area contributed by atoms with E-state index < -0.39 is 0 Å². The zero-order valence-electron chi connectivity index (χ0n) is 12.8. The standard InChI is InChI=1S/C18H19BrN2O2/c19-17-10-9-15(12-20-17)16-8-4-5-11-21(16)18(22)23-13-14-6-2-1-3-7-14/h1-3,6-7,9-10,12,16H,4-5,8,11,13H2. The highest BCUT2D eigenvalue weighted by atomic mass is 79.9. The molecule has 0 aliphatic carbocycles. The fourth-order valence-corrected chi connectivity index (χ4v) is 3.12. The number of rotatable bonds is 3. The maximum absolute atomic E-state index is 12.5. The van der Waals surface area contributed by atoms with Gasteiger partial charge in [-0.1, -0.05) is 36.4 Å². The molecule has 1 unspecified atom stereocenters. The van der Waals surface area contributed by atoms with Crippen LogP contribution in [0.15, 0.2) is 53.3 Å². The highest BCUT2D eigenvalue weighted by Crippen LogP contribution is 2.31. The fourth-order valence-electron chi connectivity index (χ4n) is 2.88. The fraction of sp³-hybridized carbons (Fsp3) is 0.333. The van der Waals surface area contributed by atoms with Gasteiger partial charge in [-0.25, -0.2) is 9.78 Å². The van der Waals surface area contributed by atoms with Crippen molar-refractivity contribution >= 4 is 22.0 Å². The first-order chi connectivity index (χ1) is 11.2. The van der Waals surface area contributed by atoms with Gasteiger partial charge in [0.15, 0.2) is 0 Å². The zero-order chi connectivity index (χ0) is 16.1. The summed E-state index contributed by atoms with van der Waals surface area (Å²) in [4.78, 5) is 18.6. The molecule has 1 saturated heterocycles. The topological polar surface area (TPSA) is 42.4 Å². The van der Waals surface area contributed by atoms with Crippen LogP contribution >= 0.6 is 15.9 Å². The molecule has 120 valence electrons. The maximum Gasteiger partial charge on any atom is 0.410 e. The van der Waals surface area contributed by atoms with Gasteiger partial charge in [-0.05, 0) is 52.4 Å². The van der Waals surface area contributed by atoms with Crippen LogP contribution in [-0.2, 0) is 11.3 Å². The Kier molecular flexibility index (Phi) is 5.28. The molecule has 1 aliphatic heterocycles. The predicted molar refractivity (Wildman–Crippen MR) is 91.9 cm³/mol. The lowest BCUT2D eigenvalue weighted by atomic mass is 9.97. The van der Waals surface area contributed by atoms with Gasteiger partial charge in [-0.3, -0.25) is 0 Å². The van der Waals surface area contributed by atoms with Crippen molar-refractivity contribution in [2.75, 3.05) is 6.54 Å². The van der Waals surface area contributed by atoms with E-state index in [-0.39, 0.29) is 12.1 Å². The summed E-state index contributed by atoms with van der Waals surface area (Å²) in [5.74, 6) is 0. The summed E-state index contributed by atoms with van der Waals surface area (Å²) in [5, 5.41) is 0. The molecule has 1 aromatic heterocycles. The van der Waals surface area contributed by atoms with E-state index in [0.717, 1.165) is 41.5 Å². The number of likely N-dealkylation sites (tertiary alicyclic amines) is 1. The summed E-state index contributed by atoms with van der Waals surface area (Å²) < 4.78 is 6.30. The van der Waals surface area contributed by atoms with Gasteiger partial charge in [0.2, 0.25) is 0 Å². The first-order valence-electron chi connectivity index (χ1n) is 7.83. The number of piperidine rings is 1. The number of carbonyl (C=O) groups excluding carboxylic acids is 1. The summed E-state index contributed by atoms with van der Waals surface area (Å²) in [6.07, 6.45) is 4.66. The van der Waals surface area contributed by atoms with Gasteiger partial charge in [0.05, 0.1) is 6.04 Å². The number of aromatic nitrogens is 1. The third-order valence-electron chi connectivity index (χ3n) is 4.08. The molecular formula is C18H19BrN2O2. The second-order valence-electron chi connectivity index (χ2n) is 5.66. The van der Waals surface area contributed by atoms with Gasteiger partial charge in [-0.2, -0.15) is 0 Å². The molecule has 1 aromatic carbocycles. The van der Waals surface area contributed by atoms with E-state index in [9.17, 15) is 4.79 Å². The third kappa shape index (κ3) is 4.10. The van der Waals surface area contributed by atoms with Crippen molar-refractivity contribution in [1.82, 2.24) is 9.88 Å². The molecule has 5 heteroatoms. The van der Waals surface area contributed by atoms with Crippen LogP contribution in [0.25, 0.3) is 0 Å². The van der Waals surface area contributed by atoms with Gasteiger partial charge < -0.3 is 9.64 Å². The minimum atomic E-state index is -0.249. The van der Waals surface area contributed by atoms with Crippen molar-refractivity contribution in [2.45, 2.75) is 31.9 Å². The average Bonchev–Trinajstić information content (AvgIpc) is 2.61. The molecule has 23 heavy (non-hydrogen) atoms. The van der Waals surface area contributed by atoms with E-state index in [1.165, 1.54) is 0 Å². The molecule has 0 N–H and O–H groups in total. The second-order valence-corrected chi connectivity index (χ2v) is 6.47. The lowest BCUT2D eigenvalue weighted by Gasteiger charge is -2.35. The van der Waals surface area contributed by atoms with Gasteiger partial charge in [0.1, 0.15) is 11.2 Å². The van der Waals surface area contributed by atoms with Crippen molar-refractivity contribution in [3.05, 3.63) is 64.4 Å². The lowest BCUT2D eigenvalue weighted by Crippen LogP contribution is -2.38. The predicted octanol–water partition coefficient (Wildman–Crippen LogP) is 4.71. The largest absolute Gasteiger partial charge is 0.445 e. The minimum Gasteiger partial charge on any atom is -0.445 e. The quantitative estimate of drug-likeness (QED) is 0.730. The Hall–Kier alpha value is -1.88. The van der Waals surface area contributed by atoms with Crippen LogP contribution in [0.5, 0.6) is 0 Å². The molecule has 1 amide bonds. The number of benzene rings is 1. The lowest BCUT2D eigenvalue weighted by molar-refractivity contribution is 0.0678. The number of ether oxygens (including phenoxy) is 1. The number of nitrogens with zero attached hydrogens (tertiary/aromatic N) is 2. The second kappa shape index (κ2) is 7.59. The Bertz CT molecular complexity index is 646. The van der Waals surface area contributed by atoms with Crippen molar-refractivity contribution in [1.29, 1.82) is 0 Å². The molecule has 1 atom stereocenters. The summed E-state index contributed by atoms with van der Waals surface area (Å²) in [6.45, 7) is 1.04. The Morgan fingerprint density at radius 1 is 1.22 bits per heavy atom. The van der Waals surface area contributed by atoms with Crippen LogP contribution in [0.1, 0.15) is 36.4 Å². The smallest absolute Gasteiger partial charge is 0.410 e. The molecule has 1 fully saturated rings. The highest BCUT2D eigenvalue weighted by Gasteiger charge is 2.29. The SMILES string of the molecule is O=C(OCc1ccccc1)N1CCCCC1c1ccc(Br)nc1. The molecule has 2 aromatic rings. The molecule has 0 radical (unpaired) electrons. The summed E-state index contributed by atoms with van der Waals surface area (Å²) in [5.41, 5.74) is 2.06. The maximum atomic E-state index is 12.5. The number of pyridine rings is 1. The minimum absolute atomic E-state index is 0.0487. The summed E-state index contributed by atoms with van der Waals surface area (Å²) in [7, 11) is 0. The molecule has 2 heterocycles.